The van der Waals surface area contributed by atoms with E-state index in [0.29, 0.717) is 12.1 Å². The Bertz CT molecular complexity index is 759. The predicted octanol–water partition coefficient (Wildman–Crippen LogP) is 0.165. The molecular weight excluding hydrogens is 352 g/mol. The van der Waals surface area contributed by atoms with E-state index in [1.54, 1.807) is 6.07 Å². The Labute approximate surface area is 144 Å². The number of hydrogen-bond acceptors (Lipinski definition) is 6. The molecule has 24 heavy (non-hydrogen) atoms. The fraction of sp³-hybridized carbons (Fsp3) is 0.571. The van der Waals surface area contributed by atoms with Gasteiger partial charge in [0.05, 0.1) is 6.26 Å². The standard InChI is InChI=1S/C14H26N4O4S2/c1-4-17(5-2)13-6-7-14(15)12(10-13)8-9-18(23(3,19)20)11-24(16,21)22/h6-7,10H,4-5,8-9,11,15H2,1-3H3,(H2,16,21,22). The lowest BCUT2D eigenvalue weighted by molar-refractivity contribution is 0.453. The van der Waals surface area contributed by atoms with Crippen LogP contribution in [0.15, 0.2) is 18.2 Å². The third-order valence-corrected chi connectivity index (χ3v) is 5.76. The van der Waals surface area contributed by atoms with Gasteiger partial charge in [-0.3, -0.25) is 0 Å². The lowest BCUT2D eigenvalue weighted by Gasteiger charge is -2.23. The Morgan fingerprint density at radius 2 is 1.67 bits per heavy atom. The molecule has 10 heteroatoms. The smallest absolute Gasteiger partial charge is 0.223 e. The van der Waals surface area contributed by atoms with Crippen LogP contribution in [0.1, 0.15) is 19.4 Å². The number of benzene rings is 1. The Morgan fingerprint density at radius 3 is 2.12 bits per heavy atom. The van der Waals surface area contributed by atoms with Gasteiger partial charge >= 0.3 is 0 Å². The van der Waals surface area contributed by atoms with Crippen LogP contribution in [0.5, 0.6) is 0 Å². The van der Waals surface area contributed by atoms with Crippen molar-refractivity contribution >= 4 is 31.4 Å². The fourth-order valence-corrected chi connectivity index (χ4v) is 4.53. The highest BCUT2D eigenvalue weighted by molar-refractivity contribution is 7.92. The number of primary sulfonamides is 1. The molecule has 1 rings (SSSR count). The summed E-state index contributed by atoms with van der Waals surface area (Å²) in [6, 6.07) is 5.58. The number of nitrogens with zero attached hydrogens (tertiary/aromatic N) is 2. The van der Waals surface area contributed by atoms with E-state index >= 15 is 0 Å². The number of hydrogen-bond donors (Lipinski definition) is 2. The summed E-state index contributed by atoms with van der Waals surface area (Å²) in [5.41, 5.74) is 8.26. The van der Waals surface area contributed by atoms with E-state index in [9.17, 15) is 16.8 Å². The minimum Gasteiger partial charge on any atom is -0.399 e. The Balaban J connectivity index is 3.00. The number of sulfonamides is 2. The van der Waals surface area contributed by atoms with Crippen molar-refractivity contribution < 1.29 is 16.8 Å². The quantitative estimate of drug-likeness (QED) is 0.590. The van der Waals surface area contributed by atoms with Gasteiger partial charge in [-0.1, -0.05) is 0 Å². The molecule has 0 saturated carbocycles. The zero-order valence-electron chi connectivity index (χ0n) is 14.3. The molecule has 0 fully saturated rings. The van der Waals surface area contributed by atoms with Gasteiger partial charge in [-0.2, -0.15) is 4.31 Å². The van der Waals surface area contributed by atoms with Crippen molar-refractivity contribution in [3.8, 4) is 0 Å². The van der Waals surface area contributed by atoms with Gasteiger partial charge in [0.15, 0.2) is 0 Å². The molecule has 0 amide bonds. The first-order chi connectivity index (χ1) is 11.0. The summed E-state index contributed by atoms with van der Waals surface area (Å²) >= 11 is 0. The first kappa shape index (κ1) is 20.7. The highest BCUT2D eigenvalue weighted by Crippen LogP contribution is 2.22. The van der Waals surface area contributed by atoms with Crippen LogP contribution in [0.4, 0.5) is 11.4 Å². The van der Waals surface area contributed by atoms with E-state index in [2.05, 4.69) is 4.90 Å². The van der Waals surface area contributed by atoms with E-state index in [-0.39, 0.29) is 6.54 Å². The summed E-state index contributed by atoms with van der Waals surface area (Å²) in [4.78, 5) is 2.14. The van der Waals surface area contributed by atoms with Crippen LogP contribution in [0.2, 0.25) is 0 Å². The van der Waals surface area contributed by atoms with Crippen LogP contribution >= 0.6 is 0 Å². The Kier molecular flexibility index (Phi) is 7.02. The van der Waals surface area contributed by atoms with Crippen LogP contribution in [0.25, 0.3) is 0 Å². The summed E-state index contributed by atoms with van der Waals surface area (Å²) in [6.45, 7) is 5.73. The van der Waals surface area contributed by atoms with E-state index in [1.165, 1.54) is 0 Å². The SMILES string of the molecule is CCN(CC)c1ccc(N)c(CCN(CS(N)(=O)=O)S(C)(=O)=O)c1. The van der Waals surface area contributed by atoms with Crippen LogP contribution < -0.4 is 15.8 Å². The lowest BCUT2D eigenvalue weighted by atomic mass is 10.1. The number of rotatable bonds is 9. The second-order valence-corrected chi connectivity index (χ2v) is 9.10. The maximum absolute atomic E-state index is 11.7. The maximum Gasteiger partial charge on any atom is 0.223 e. The third-order valence-electron chi connectivity index (χ3n) is 3.68. The summed E-state index contributed by atoms with van der Waals surface area (Å²) in [7, 11) is -7.64. The highest BCUT2D eigenvalue weighted by Gasteiger charge is 2.22. The number of anilines is 2. The summed E-state index contributed by atoms with van der Waals surface area (Å²) in [5.74, 6) is -0.749. The van der Waals surface area contributed by atoms with Gasteiger partial charge in [-0.15, -0.1) is 0 Å². The van der Waals surface area contributed by atoms with Crippen molar-refractivity contribution in [2.24, 2.45) is 5.14 Å². The van der Waals surface area contributed by atoms with Crippen molar-refractivity contribution in [3.63, 3.8) is 0 Å². The van der Waals surface area contributed by atoms with Crippen molar-refractivity contribution in [2.45, 2.75) is 20.3 Å². The average Bonchev–Trinajstić information content (AvgIpc) is 2.45. The molecular formula is C14H26N4O4S2. The molecule has 0 spiro atoms. The van der Waals surface area contributed by atoms with Gasteiger partial charge < -0.3 is 10.6 Å². The topological polar surface area (TPSA) is 127 Å². The molecule has 0 radical (unpaired) electrons. The molecule has 1 aromatic carbocycles. The second-order valence-electron chi connectivity index (χ2n) is 5.54. The van der Waals surface area contributed by atoms with Gasteiger partial charge in [0.2, 0.25) is 20.0 Å². The molecule has 0 aliphatic rings. The van der Waals surface area contributed by atoms with Crippen molar-refractivity contribution in [1.82, 2.24) is 4.31 Å². The Morgan fingerprint density at radius 1 is 1.08 bits per heavy atom. The van der Waals surface area contributed by atoms with Gasteiger partial charge in [0, 0.05) is 31.0 Å². The minimum atomic E-state index is -3.94. The second kappa shape index (κ2) is 8.15. The average molecular weight is 379 g/mol. The lowest BCUT2D eigenvalue weighted by Crippen LogP contribution is -2.38. The molecule has 0 heterocycles. The Hall–Kier alpha value is -1.36. The highest BCUT2D eigenvalue weighted by atomic mass is 32.2. The first-order valence-corrected chi connectivity index (χ1v) is 11.1. The third kappa shape index (κ3) is 6.27. The number of nitrogens with two attached hydrogens (primary N) is 2. The molecule has 0 aliphatic carbocycles. The van der Waals surface area contributed by atoms with Gasteiger partial charge in [0.25, 0.3) is 0 Å². The fourth-order valence-electron chi connectivity index (χ4n) is 2.37. The number of nitrogen functional groups attached to an aromatic ring is 1. The van der Waals surface area contributed by atoms with Crippen LogP contribution in [-0.4, -0.2) is 52.9 Å². The van der Waals surface area contributed by atoms with Crippen molar-refractivity contribution in [2.75, 3.05) is 42.4 Å². The monoisotopic (exact) mass is 378 g/mol. The van der Waals surface area contributed by atoms with Crippen LogP contribution in [0.3, 0.4) is 0 Å². The molecule has 0 bridgehead atoms. The molecule has 1 aromatic rings. The molecule has 0 aromatic heterocycles. The van der Waals surface area contributed by atoms with Gasteiger partial charge in [0.1, 0.15) is 5.88 Å². The van der Waals surface area contributed by atoms with E-state index in [4.69, 9.17) is 10.9 Å². The van der Waals surface area contributed by atoms with Crippen molar-refractivity contribution in [1.29, 1.82) is 0 Å². The van der Waals surface area contributed by atoms with E-state index in [1.807, 2.05) is 26.0 Å². The largest absolute Gasteiger partial charge is 0.399 e. The van der Waals surface area contributed by atoms with Crippen LogP contribution in [-0.2, 0) is 26.5 Å². The zero-order chi connectivity index (χ0) is 18.5. The molecule has 4 N–H and O–H groups in total. The predicted molar refractivity (Wildman–Crippen MR) is 97.6 cm³/mol. The van der Waals surface area contributed by atoms with Crippen molar-refractivity contribution in [3.05, 3.63) is 23.8 Å². The molecule has 0 atom stereocenters. The molecule has 138 valence electrons. The van der Waals surface area contributed by atoms with E-state index in [0.717, 1.165) is 34.9 Å². The summed E-state index contributed by atoms with van der Waals surface area (Å²) < 4.78 is 46.8. The molecule has 0 aliphatic heterocycles. The molecule has 0 saturated heterocycles. The normalized spacial score (nSPS) is 12.5. The minimum absolute atomic E-state index is 0.0127. The van der Waals surface area contributed by atoms with Gasteiger partial charge in [-0.25, -0.2) is 22.0 Å². The zero-order valence-corrected chi connectivity index (χ0v) is 15.9. The summed E-state index contributed by atoms with van der Waals surface area (Å²) in [6.07, 6.45) is 1.25. The molecule has 0 unspecified atom stereocenters. The molecule has 8 nitrogen and oxygen atoms in total. The first-order valence-electron chi connectivity index (χ1n) is 7.56. The van der Waals surface area contributed by atoms with Crippen LogP contribution in [0, 0.1) is 0 Å². The van der Waals surface area contributed by atoms with E-state index < -0.39 is 25.9 Å². The maximum atomic E-state index is 11.7. The summed E-state index contributed by atoms with van der Waals surface area (Å²) in [5, 5.41) is 4.97. The van der Waals surface area contributed by atoms with Gasteiger partial charge in [-0.05, 0) is 44.0 Å².